The molecule has 0 saturated carbocycles. The third-order valence-corrected chi connectivity index (χ3v) is 2.29. The van der Waals surface area contributed by atoms with Gasteiger partial charge in [-0.05, 0) is 0 Å². The fourth-order valence-corrected chi connectivity index (χ4v) is 1.67. The number of hydrogen-bond donors (Lipinski definition) is 1. The SMILES string of the molecule is C[N+]1(C)CC(O)C[C@@H]1C(=O)[O-]. The standard InChI is InChI=1S/C7H13NO3/c1-8(2)4-5(9)3-6(8)7(10)11/h5-6,9H,3-4H2,1-2H3/t5?,6-/m1/s1. The summed E-state index contributed by atoms with van der Waals surface area (Å²) in [6.07, 6.45) is -0.178. The van der Waals surface area contributed by atoms with Crippen LogP contribution in [0.3, 0.4) is 0 Å². The first-order chi connectivity index (χ1) is 4.93. The predicted molar refractivity (Wildman–Crippen MR) is 36.4 cm³/mol. The Morgan fingerprint density at radius 1 is 1.64 bits per heavy atom. The molecule has 11 heavy (non-hydrogen) atoms. The van der Waals surface area contributed by atoms with Crippen LogP contribution in [0, 0.1) is 0 Å². The summed E-state index contributed by atoms with van der Waals surface area (Å²) in [6.45, 7) is 0.499. The lowest BCUT2D eigenvalue weighted by Crippen LogP contribution is -2.53. The number of hydrogen-bond acceptors (Lipinski definition) is 3. The van der Waals surface area contributed by atoms with Crippen LogP contribution in [-0.2, 0) is 4.79 Å². The van der Waals surface area contributed by atoms with Crippen LogP contribution in [0.4, 0.5) is 0 Å². The molecule has 4 nitrogen and oxygen atoms in total. The Bertz CT molecular complexity index is 179. The van der Waals surface area contributed by atoms with Gasteiger partial charge in [-0.3, -0.25) is 0 Å². The van der Waals surface area contributed by atoms with Crippen LogP contribution in [0.2, 0.25) is 0 Å². The highest BCUT2D eigenvalue weighted by molar-refractivity contribution is 5.70. The van der Waals surface area contributed by atoms with Crippen molar-refractivity contribution in [2.45, 2.75) is 18.6 Å². The van der Waals surface area contributed by atoms with E-state index >= 15 is 0 Å². The largest absolute Gasteiger partial charge is 0.544 e. The molecule has 1 heterocycles. The maximum Gasteiger partial charge on any atom is 0.132 e. The molecule has 0 radical (unpaired) electrons. The second kappa shape index (κ2) is 2.46. The number of likely N-dealkylation sites (N-methyl/N-ethyl adjacent to an activating group) is 1. The van der Waals surface area contributed by atoms with Gasteiger partial charge in [0, 0.05) is 6.42 Å². The molecule has 1 saturated heterocycles. The van der Waals surface area contributed by atoms with Crippen molar-refractivity contribution in [3.05, 3.63) is 0 Å². The molecule has 1 fully saturated rings. The van der Waals surface area contributed by atoms with Gasteiger partial charge >= 0.3 is 0 Å². The summed E-state index contributed by atoms with van der Waals surface area (Å²) in [6, 6.07) is -0.551. The summed E-state index contributed by atoms with van der Waals surface area (Å²) in [4.78, 5) is 10.5. The van der Waals surface area contributed by atoms with Gasteiger partial charge in [-0.15, -0.1) is 0 Å². The molecule has 1 N–H and O–H groups in total. The van der Waals surface area contributed by atoms with E-state index in [1.165, 1.54) is 0 Å². The first-order valence-corrected chi connectivity index (χ1v) is 3.65. The van der Waals surface area contributed by atoms with Crippen LogP contribution < -0.4 is 5.11 Å². The van der Waals surface area contributed by atoms with Crippen molar-refractivity contribution in [2.24, 2.45) is 0 Å². The van der Waals surface area contributed by atoms with Gasteiger partial charge in [0.25, 0.3) is 0 Å². The van der Waals surface area contributed by atoms with Gasteiger partial charge in [0.1, 0.15) is 18.7 Å². The minimum absolute atomic E-state index is 0.315. The molecule has 0 amide bonds. The van der Waals surface area contributed by atoms with Crippen LogP contribution in [0.1, 0.15) is 6.42 Å². The number of aliphatic carboxylic acids is 1. The predicted octanol–water partition coefficient (Wildman–Crippen LogP) is -2.05. The molecular weight excluding hydrogens is 146 g/mol. The number of aliphatic hydroxyl groups excluding tert-OH is 1. The topological polar surface area (TPSA) is 60.4 Å². The van der Waals surface area contributed by atoms with Crippen LogP contribution in [0.15, 0.2) is 0 Å². The summed E-state index contributed by atoms with van der Waals surface area (Å²) >= 11 is 0. The Hall–Kier alpha value is -0.610. The van der Waals surface area contributed by atoms with Gasteiger partial charge in [-0.1, -0.05) is 0 Å². The molecule has 1 rings (SSSR count). The molecule has 64 valence electrons. The summed E-state index contributed by atoms with van der Waals surface area (Å²) in [5.41, 5.74) is 0. The van der Waals surface area contributed by atoms with Gasteiger partial charge in [-0.2, -0.15) is 0 Å². The normalized spacial score (nSPS) is 35.5. The molecule has 4 heteroatoms. The molecule has 1 unspecified atom stereocenters. The Kier molecular flexibility index (Phi) is 1.90. The molecule has 2 atom stereocenters. The van der Waals surface area contributed by atoms with E-state index < -0.39 is 18.1 Å². The molecule has 0 aliphatic carbocycles. The van der Waals surface area contributed by atoms with Crippen molar-refractivity contribution in [2.75, 3.05) is 20.6 Å². The van der Waals surface area contributed by atoms with Crippen molar-refractivity contribution >= 4 is 5.97 Å². The lowest BCUT2D eigenvalue weighted by molar-refractivity contribution is -0.896. The van der Waals surface area contributed by atoms with Gasteiger partial charge in [0.05, 0.1) is 20.1 Å². The summed E-state index contributed by atoms with van der Waals surface area (Å²) in [7, 11) is 3.58. The number of carboxylic acid groups (broad SMARTS) is 1. The molecule has 0 bridgehead atoms. The van der Waals surface area contributed by atoms with Crippen molar-refractivity contribution < 1.29 is 19.5 Å². The first kappa shape index (κ1) is 8.49. The van der Waals surface area contributed by atoms with Gasteiger partial charge in [-0.25, -0.2) is 0 Å². The quantitative estimate of drug-likeness (QED) is 0.448. The van der Waals surface area contributed by atoms with Crippen LogP contribution >= 0.6 is 0 Å². The molecule has 0 aromatic rings. The molecular formula is C7H13NO3. The average Bonchev–Trinajstić information content (AvgIpc) is 2.04. The highest BCUT2D eigenvalue weighted by atomic mass is 16.4. The number of likely N-dealkylation sites (tertiary alicyclic amines) is 1. The third-order valence-electron chi connectivity index (χ3n) is 2.29. The van der Waals surface area contributed by atoms with E-state index in [-0.39, 0.29) is 0 Å². The molecule has 0 aromatic carbocycles. The number of carboxylic acids is 1. The van der Waals surface area contributed by atoms with Crippen molar-refractivity contribution in [1.82, 2.24) is 0 Å². The molecule has 0 spiro atoms. The lowest BCUT2D eigenvalue weighted by Gasteiger charge is -2.31. The van der Waals surface area contributed by atoms with Crippen LogP contribution in [-0.4, -0.2) is 48.3 Å². The Morgan fingerprint density at radius 3 is 2.36 bits per heavy atom. The summed E-state index contributed by atoms with van der Waals surface area (Å²) in [5, 5.41) is 19.7. The molecule has 0 aromatic heterocycles. The van der Waals surface area contributed by atoms with Crippen molar-refractivity contribution in [3.8, 4) is 0 Å². The summed E-state index contributed by atoms with van der Waals surface area (Å²) in [5.74, 6) is -1.06. The van der Waals surface area contributed by atoms with Gasteiger partial charge < -0.3 is 19.5 Å². The average molecular weight is 159 g/mol. The van der Waals surface area contributed by atoms with E-state index in [0.29, 0.717) is 17.4 Å². The highest BCUT2D eigenvalue weighted by Gasteiger charge is 2.40. The first-order valence-electron chi connectivity index (χ1n) is 3.65. The number of aliphatic hydroxyl groups is 1. The summed E-state index contributed by atoms with van der Waals surface area (Å²) < 4.78 is 0.323. The maximum atomic E-state index is 10.5. The van der Waals surface area contributed by atoms with Crippen molar-refractivity contribution in [1.29, 1.82) is 0 Å². The number of nitrogens with zero attached hydrogens (tertiary/aromatic N) is 1. The van der Waals surface area contributed by atoms with E-state index in [4.69, 9.17) is 0 Å². The zero-order valence-electron chi connectivity index (χ0n) is 6.78. The zero-order valence-corrected chi connectivity index (χ0v) is 6.78. The van der Waals surface area contributed by atoms with Crippen LogP contribution in [0.5, 0.6) is 0 Å². The smallest absolute Gasteiger partial charge is 0.132 e. The Labute approximate surface area is 65.6 Å². The Balaban J connectivity index is 2.74. The second-order valence-corrected chi connectivity index (χ2v) is 3.69. The van der Waals surface area contributed by atoms with E-state index in [1.54, 1.807) is 14.1 Å². The second-order valence-electron chi connectivity index (χ2n) is 3.69. The van der Waals surface area contributed by atoms with Gasteiger partial charge in [0.2, 0.25) is 0 Å². The molecule has 1 aliphatic heterocycles. The minimum Gasteiger partial charge on any atom is -0.544 e. The molecule has 1 aliphatic rings. The van der Waals surface area contributed by atoms with E-state index in [0.717, 1.165) is 0 Å². The van der Waals surface area contributed by atoms with E-state index in [9.17, 15) is 15.0 Å². The third kappa shape index (κ3) is 1.52. The number of quaternary nitrogens is 1. The maximum absolute atomic E-state index is 10.5. The van der Waals surface area contributed by atoms with Crippen LogP contribution in [0.25, 0.3) is 0 Å². The number of rotatable bonds is 1. The highest BCUT2D eigenvalue weighted by Crippen LogP contribution is 2.21. The lowest BCUT2D eigenvalue weighted by atomic mass is 10.2. The minimum atomic E-state index is -1.06. The van der Waals surface area contributed by atoms with Gasteiger partial charge in [0.15, 0.2) is 0 Å². The van der Waals surface area contributed by atoms with E-state index in [2.05, 4.69) is 0 Å². The monoisotopic (exact) mass is 159 g/mol. The fraction of sp³-hybridized carbons (Fsp3) is 0.857. The van der Waals surface area contributed by atoms with Crippen molar-refractivity contribution in [3.63, 3.8) is 0 Å². The number of carbonyl (C=O) groups is 1. The fourth-order valence-electron chi connectivity index (χ4n) is 1.67. The zero-order chi connectivity index (χ0) is 8.65. The number of carbonyl (C=O) groups excluding carboxylic acids is 1. The Morgan fingerprint density at radius 2 is 2.18 bits per heavy atom. The van der Waals surface area contributed by atoms with E-state index in [1.807, 2.05) is 0 Å².